The molecule has 2 fully saturated rings. The van der Waals surface area contributed by atoms with Gasteiger partial charge in [0, 0.05) is 20.0 Å². The van der Waals surface area contributed by atoms with E-state index < -0.39 is 0 Å². The van der Waals surface area contributed by atoms with Gasteiger partial charge in [-0.1, -0.05) is 48.6 Å². The number of aryl methyl sites for hydroxylation is 1. The van der Waals surface area contributed by atoms with Gasteiger partial charge < -0.3 is 10.2 Å². The highest BCUT2D eigenvalue weighted by atomic mass is 32.1. The Hall–Kier alpha value is -2.74. The third-order valence-electron chi connectivity index (χ3n) is 6.29. The van der Waals surface area contributed by atoms with Crippen LogP contribution in [-0.2, 0) is 19.0 Å². The highest BCUT2D eigenvalue weighted by molar-refractivity contribution is 7.18. The third-order valence-corrected chi connectivity index (χ3v) is 7.34. The minimum Gasteiger partial charge on any atom is -0.328 e. The molecule has 156 valence electrons. The Balaban J connectivity index is 1.42. The van der Waals surface area contributed by atoms with E-state index in [2.05, 4.69) is 27.4 Å². The molecule has 8 heteroatoms. The molecule has 1 aliphatic heterocycles. The number of amides is 2. The van der Waals surface area contributed by atoms with Gasteiger partial charge in [0.2, 0.25) is 0 Å². The fourth-order valence-electron chi connectivity index (χ4n) is 4.38. The first-order chi connectivity index (χ1) is 14.5. The lowest BCUT2D eigenvalue weighted by Gasteiger charge is -2.27. The van der Waals surface area contributed by atoms with Crippen molar-refractivity contribution in [3.63, 3.8) is 0 Å². The normalized spacial score (nSPS) is 19.9. The average Bonchev–Trinajstić information content (AvgIpc) is 3.18. The Morgan fingerprint density at radius 3 is 2.73 bits per heavy atom. The van der Waals surface area contributed by atoms with Gasteiger partial charge >= 0.3 is 6.03 Å². The van der Waals surface area contributed by atoms with Gasteiger partial charge in [-0.25, -0.2) is 14.8 Å². The summed E-state index contributed by atoms with van der Waals surface area (Å²) in [6.45, 7) is 2.68. The SMILES string of the molecule is CCc1nc2sc([C@H]3CCCN3C(=O)NC3(c4ccccc4)CC3)nc2c(=O)n1C. The maximum Gasteiger partial charge on any atom is 0.318 e. The molecule has 1 saturated heterocycles. The van der Waals surface area contributed by atoms with Gasteiger partial charge in [0.25, 0.3) is 5.56 Å². The lowest BCUT2D eigenvalue weighted by molar-refractivity contribution is 0.187. The Morgan fingerprint density at radius 1 is 1.27 bits per heavy atom. The molecule has 2 amide bonds. The Labute approximate surface area is 178 Å². The second-order valence-corrected chi connectivity index (χ2v) is 9.19. The number of hydrogen-bond acceptors (Lipinski definition) is 5. The molecule has 3 heterocycles. The molecule has 0 radical (unpaired) electrons. The van der Waals surface area contributed by atoms with Crippen molar-refractivity contribution in [1.82, 2.24) is 24.8 Å². The van der Waals surface area contributed by atoms with Gasteiger partial charge in [-0.2, -0.15) is 0 Å². The van der Waals surface area contributed by atoms with Gasteiger partial charge in [-0.15, -0.1) is 0 Å². The van der Waals surface area contributed by atoms with Crippen LogP contribution in [-0.4, -0.2) is 32.0 Å². The smallest absolute Gasteiger partial charge is 0.318 e. The zero-order valence-electron chi connectivity index (χ0n) is 17.2. The fourth-order valence-corrected chi connectivity index (χ4v) is 5.48. The summed E-state index contributed by atoms with van der Waals surface area (Å²) in [4.78, 5) is 37.7. The topological polar surface area (TPSA) is 80.1 Å². The van der Waals surface area contributed by atoms with Crippen LogP contribution in [0.1, 0.15) is 55.0 Å². The second kappa shape index (κ2) is 7.19. The van der Waals surface area contributed by atoms with Crippen LogP contribution < -0.4 is 10.9 Å². The van der Waals surface area contributed by atoms with E-state index in [4.69, 9.17) is 0 Å². The van der Waals surface area contributed by atoms with E-state index in [9.17, 15) is 9.59 Å². The Kier molecular flexibility index (Phi) is 4.61. The van der Waals surface area contributed by atoms with Crippen LogP contribution in [0, 0.1) is 0 Å². The number of thiazole rings is 1. The summed E-state index contributed by atoms with van der Waals surface area (Å²) in [6, 6.07) is 10.0. The first-order valence-electron chi connectivity index (χ1n) is 10.5. The molecule has 5 rings (SSSR count). The molecule has 1 N–H and O–H groups in total. The van der Waals surface area contributed by atoms with Crippen LogP contribution in [0.3, 0.4) is 0 Å². The Morgan fingerprint density at radius 2 is 2.03 bits per heavy atom. The molecule has 2 aliphatic rings. The van der Waals surface area contributed by atoms with E-state index >= 15 is 0 Å². The number of urea groups is 1. The number of nitrogens with zero attached hydrogens (tertiary/aromatic N) is 4. The van der Waals surface area contributed by atoms with Crippen LogP contribution >= 0.6 is 11.3 Å². The molecule has 1 aliphatic carbocycles. The molecule has 0 spiro atoms. The average molecular weight is 424 g/mol. The largest absolute Gasteiger partial charge is 0.328 e. The number of aromatic nitrogens is 3. The second-order valence-electron chi connectivity index (χ2n) is 8.18. The van der Waals surface area contributed by atoms with Gasteiger partial charge in [0.05, 0.1) is 11.6 Å². The van der Waals surface area contributed by atoms with E-state index in [1.165, 1.54) is 11.3 Å². The maximum atomic E-state index is 13.2. The molecule has 1 atom stereocenters. The summed E-state index contributed by atoms with van der Waals surface area (Å²) in [5.74, 6) is 0.752. The van der Waals surface area contributed by atoms with Gasteiger partial charge in [0.15, 0.2) is 10.3 Å². The molecular weight excluding hydrogens is 398 g/mol. The number of hydrogen-bond donors (Lipinski definition) is 1. The van der Waals surface area contributed by atoms with Crippen LogP contribution in [0.25, 0.3) is 10.3 Å². The van der Waals surface area contributed by atoms with Crippen molar-refractivity contribution in [2.24, 2.45) is 7.05 Å². The van der Waals surface area contributed by atoms with E-state index in [0.29, 0.717) is 23.3 Å². The van der Waals surface area contributed by atoms with E-state index in [0.717, 1.165) is 42.1 Å². The monoisotopic (exact) mass is 423 g/mol. The molecule has 2 aromatic heterocycles. The molecule has 3 aromatic rings. The summed E-state index contributed by atoms with van der Waals surface area (Å²) in [7, 11) is 1.74. The van der Waals surface area contributed by atoms with Crippen molar-refractivity contribution in [3.8, 4) is 0 Å². The number of nitrogens with one attached hydrogen (secondary N) is 1. The molecule has 0 bridgehead atoms. The van der Waals surface area contributed by atoms with Crippen molar-refractivity contribution in [2.45, 2.75) is 50.6 Å². The van der Waals surface area contributed by atoms with Crippen molar-refractivity contribution < 1.29 is 4.79 Å². The number of carbonyl (C=O) groups excluding carboxylic acids is 1. The predicted octanol–water partition coefficient (Wildman–Crippen LogP) is 3.49. The number of carbonyl (C=O) groups is 1. The lowest BCUT2D eigenvalue weighted by Crippen LogP contribution is -2.44. The highest BCUT2D eigenvalue weighted by Gasteiger charge is 2.47. The van der Waals surface area contributed by atoms with Gasteiger partial charge in [0.1, 0.15) is 10.8 Å². The van der Waals surface area contributed by atoms with Crippen LogP contribution in [0.15, 0.2) is 35.1 Å². The van der Waals surface area contributed by atoms with E-state index in [1.807, 2.05) is 30.0 Å². The molecular formula is C22H25N5O2S. The predicted molar refractivity (Wildman–Crippen MR) is 117 cm³/mol. The van der Waals surface area contributed by atoms with Gasteiger partial charge in [-0.3, -0.25) is 9.36 Å². The van der Waals surface area contributed by atoms with Crippen LogP contribution in [0.5, 0.6) is 0 Å². The zero-order valence-corrected chi connectivity index (χ0v) is 18.0. The summed E-state index contributed by atoms with van der Waals surface area (Å²) in [5, 5.41) is 4.09. The minimum atomic E-state index is -0.243. The fraction of sp³-hybridized carbons (Fsp3) is 0.455. The Bertz CT molecular complexity index is 1170. The van der Waals surface area contributed by atoms with Crippen molar-refractivity contribution in [2.75, 3.05) is 6.54 Å². The van der Waals surface area contributed by atoms with Crippen LogP contribution in [0.4, 0.5) is 4.79 Å². The van der Waals surface area contributed by atoms with Crippen molar-refractivity contribution in [1.29, 1.82) is 0 Å². The molecule has 1 aromatic carbocycles. The highest BCUT2D eigenvalue weighted by Crippen LogP contribution is 2.46. The maximum absolute atomic E-state index is 13.2. The standard InChI is InChI=1S/C22H25N5O2S/c1-3-16-23-19-17(20(28)26(16)2)24-18(30-19)15-10-7-13-27(15)21(29)25-22(11-12-22)14-8-5-4-6-9-14/h4-6,8-9,15H,3,7,10-13H2,1-2H3,(H,25,29)/t15-/m1/s1. The number of benzene rings is 1. The summed E-state index contributed by atoms with van der Waals surface area (Å²) in [5.41, 5.74) is 1.21. The van der Waals surface area contributed by atoms with E-state index in [1.54, 1.807) is 11.6 Å². The summed E-state index contributed by atoms with van der Waals surface area (Å²) in [6.07, 6.45) is 4.39. The summed E-state index contributed by atoms with van der Waals surface area (Å²) < 4.78 is 1.57. The first-order valence-corrected chi connectivity index (χ1v) is 11.3. The molecule has 0 unspecified atom stereocenters. The quantitative estimate of drug-likeness (QED) is 0.697. The number of fused-ring (bicyclic) bond motifs is 1. The molecule has 30 heavy (non-hydrogen) atoms. The lowest BCUT2D eigenvalue weighted by atomic mass is 10.1. The first kappa shape index (κ1) is 19.2. The van der Waals surface area contributed by atoms with E-state index in [-0.39, 0.29) is 23.2 Å². The molecule has 1 saturated carbocycles. The van der Waals surface area contributed by atoms with Crippen LogP contribution in [0.2, 0.25) is 0 Å². The summed E-state index contributed by atoms with van der Waals surface area (Å²) >= 11 is 1.44. The minimum absolute atomic E-state index is 0.0479. The van der Waals surface area contributed by atoms with Gasteiger partial charge in [-0.05, 0) is 31.2 Å². The molecule has 7 nitrogen and oxygen atoms in total. The van der Waals surface area contributed by atoms with Crippen molar-refractivity contribution in [3.05, 3.63) is 57.1 Å². The zero-order chi connectivity index (χ0) is 20.9. The van der Waals surface area contributed by atoms with Crippen molar-refractivity contribution >= 4 is 27.7 Å². The third kappa shape index (κ3) is 3.10. The number of rotatable bonds is 4. The number of likely N-dealkylation sites (tertiary alicyclic amines) is 1.